The first-order chi connectivity index (χ1) is 18.2. The van der Waals surface area contributed by atoms with Crippen molar-refractivity contribution < 1.29 is 17.8 Å². The summed E-state index contributed by atoms with van der Waals surface area (Å²) < 4.78 is 29.4. The normalized spacial score (nSPS) is 17.9. The Morgan fingerprint density at radius 1 is 1.00 bits per heavy atom. The van der Waals surface area contributed by atoms with Gasteiger partial charge in [0, 0.05) is 32.2 Å². The van der Waals surface area contributed by atoms with Gasteiger partial charge in [-0.05, 0) is 53.3 Å². The summed E-state index contributed by atoms with van der Waals surface area (Å²) in [7, 11) is -2.07. The minimum Gasteiger partial charge on any atom is -0.358 e. The summed E-state index contributed by atoms with van der Waals surface area (Å²) in [5.74, 6) is -0.162. The number of hydrogen-bond donors (Lipinski definition) is 2. The number of nitrogens with one attached hydrogen (secondary N) is 1. The average molecular weight is 537 g/mol. The van der Waals surface area contributed by atoms with Gasteiger partial charge in [-0.25, -0.2) is 4.79 Å². The Morgan fingerprint density at radius 2 is 1.63 bits per heavy atom. The standard InChI is InChI=1S/C27H28N4O2.CH4O3S/c1-28-25(32)17-30-22-10-2-3-11-23(22)31(27(30)33)20-12-14-29(15-13-20)24-16-19-8-4-6-18-7-5-9-21(24)26(18)19;1-5(2,3)4/h2-11,20,24H,12-17H2,1H3,(H,28,32);1H3,(H,2,3,4)/t24-;/m1./s1. The summed E-state index contributed by atoms with van der Waals surface area (Å²) in [6.07, 6.45) is 3.63. The highest BCUT2D eigenvalue weighted by molar-refractivity contribution is 7.85. The Morgan fingerprint density at radius 3 is 2.29 bits per heavy atom. The molecule has 1 saturated heterocycles. The molecule has 0 saturated carbocycles. The lowest BCUT2D eigenvalue weighted by Gasteiger charge is -2.36. The molecule has 9 nitrogen and oxygen atoms in total. The van der Waals surface area contributed by atoms with Crippen LogP contribution in [0.1, 0.15) is 36.1 Å². The molecular formula is C28H32N4O5S. The third-order valence-electron chi connectivity index (χ3n) is 7.55. The third kappa shape index (κ3) is 5.11. The molecule has 0 radical (unpaired) electrons. The molecule has 200 valence electrons. The fraction of sp³-hybridized carbons (Fsp3) is 0.357. The number of para-hydroxylation sites is 2. The molecule has 2 heterocycles. The molecule has 1 atom stereocenters. The number of aromatic nitrogens is 2. The quantitative estimate of drug-likeness (QED) is 0.388. The van der Waals surface area contributed by atoms with Crippen LogP contribution in [0.2, 0.25) is 0 Å². The lowest BCUT2D eigenvalue weighted by molar-refractivity contribution is -0.121. The van der Waals surface area contributed by atoms with Crippen LogP contribution in [0.5, 0.6) is 0 Å². The minimum atomic E-state index is -3.67. The molecular weight excluding hydrogens is 504 g/mol. The monoisotopic (exact) mass is 536 g/mol. The smallest absolute Gasteiger partial charge is 0.329 e. The molecule has 1 amide bonds. The fourth-order valence-electron chi connectivity index (χ4n) is 5.96. The van der Waals surface area contributed by atoms with Gasteiger partial charge in [-0.2, -0.15) is 8.42 Å². The zero-order valence-corrected chi connectivity index (χ0v) is 22.3. The Balaban J connectivity index is 0.000000540. The van der Waals surface area contributed by atoms with Crippen LogP contribution >= 0.6 is 0 Å². The summed E-state index contributed by atoms with van der Waals surface area (Å²) >= 11 is 0. The molecule has 4 aromatic rings. The zero-order valence-electron chi connectivity index (χ0n) is 21.5. The van der Waals surface area contributed by atoms with Crippen molar-refractivity contribution in [2.75, 3.05) is 26.4 Å². The SMILES string of the molecule is CNC(=O)Cn1c(=O)n(C2CCN([C@@H]3Cc4cccc5cccc3c45)CC2)c2ccccc21.CS(=O)(=O)O. The molecule has 1 aromatic heterocycles. The number of likely N-dealkylation sites (tertiary alicyclic amines) is 1. The number of fused-ring (bicyclic) bond motifs is 1. The van der Waals surface area contributed by atoms with Gasteiger partial charge < -0.3 is 5.32 Å². The summed E-state index contributed by atoms with van der Waals surface area (Å²) in [4.78, 5) is 28.0. The van der Waals surface area contributed by atoms with Gasteiger partial charge in [0.05, 0.1) is 17.3 Å². The number of hydrogen-bond acceptors (Lipinski definition) is 5. The number of likely N-dealkylation sites (N-methyl/N-ethyl adjacent to an activating group) is 1. The largest absolute Gasteiger partial charge is 0.358 e. The summed E-state index contributed by atoms with van der Waals surface area (Å²) in [6.45, 7) is 1.97. The summed E-state index contributed by atoms with van der Waals surface area (Å²) in [6, 6.07) is 21.7. The molecule has 3 aromatic carbocycles. The van der Waals surface area contributed by atoms with E-state index in [1.807, 2.05) is 28.8 Å². The van der Waals surface area contributed by atoms with Crippen LogP contribution in [0, 0.1) is 0 Å². The number of nitrogens with zero attached hydrogens (tertiary/aromatic N) is 3. The van der Waals surface area contributed by atoms with E-state index in [1.54, 1.807) is 11.6 Å². The molecule has 38 heavy (non-hydrogen) atoms. The summed E-state index contributed by atoms with van der Waals surface area (Å²) in [5.41, 5.74) is 4.55. The van der Waals surface area contributed by atoms with Gasteiger partial charge in [0.25, 0.3) is 10.1 Å². The van der Waals surface area contributed by atoms with Crippen LogP contribution in [-0.4, -0.2) is 59.3 Å². The van der Waals surface area contributed by atoms with Crippen molar-refractivity contribution >= 4 is 37.8 Å². The van der Waals surface area contributed by atoms with E-state index in [4.69, 9.17) is 4.55 Å². The fourth-order valence-corrected chi connectivity index (χ4v) is 5.96. The lowest BCUT2D eigenvalue weighted by Crippen LogP contribution is -2.40. The maximum Gasteiger partial charge on any atom is 0.329 e. The molecule has 0 bridgehead atoms. The van der Waals surface area contributed by atoms with Gasteiger partial charge in [-0.1, -0.05) is 48.5 Å². The maximum atomic E-state index is 13.4. The number of carbonyl (C=O) groups excluding carboxylic acids is 1. The van der Waals surface area contributed by atoms with Crippen LogP contribution in [0.25, 0.3) is 21.8 Å². The number of imidazole rings is 1. The van der Waals surface area contributed by atoms with Gasteiger partial charge in [-0.3, -0.25) is 23.4 Å². The lowest BCUT2D eigenvalue weighted by atomic mass is 9.99. The van der Waals surface area contributed by atoms with Crippen LogP contribution in [-0.2, 0) is 27.9 Å². The van der Waals surface area contributed by atoms with Crippen molar-refractivity contribution in [3.63, 3.8) is 0 Å². The molecule has 1 fully saturated rings. The molecule has 2 N–H and O–H groups in total. The molecule has 10 heteroatoms. The highest BCUT2D eigenvalue weighted by atomic mass is 32.2. The number of piperidine rings is 1. The molecule has 0 spiro atoms. The highest BCUT2D eigenvalue weighted by Gasteiger charge is 2.33. The van der Waals surface area contributed by atoms with E-state index in [9.17, 15) is 18.0 Å². The van der Waals surface area contributed by atoms with E-state index in [-0.39, 0.29) is 24.2 Å². The number of rotatable bonds is 4. The number of benzene rings is 3. The molecule has 6 rings (SSSR count). The van der Waals surface area contributed by atoms with E-state index in [0.29, 0.717) is 12.3 Å². The predicted molar refractivity (Wildman–Crippen MR) is 148 cm³/mol. The van der Waals surface area contributed by atoms with Crippen LogP contribution < -0.4 is 11.0 Å². The number of amides is 1. The number of carbonyl (C=O) groups is 1. The van der Waals surface area contributed by atoms with Gasteiger partial charge in [0.15, 0.2) is 0 Å². The van der Waals surface area contributed by atoms with Crippen molar-refractivity contribution in [2.45, 2.75) is 37.9 Å². The van der Waals surface area contributed by atoms with Crippen molar-refractivity contribution in [3.05, 3.63) is 82.3 Å². The molecule has 2 aliphatic rings. The van der Waals surface area contributed by atoms with Crippen molar-refractivity contribution in [3.8, 4) is 0 Å². The second kappa shape index (κ2) is 10.4. The predicted octanol–water partition coefficient (Wildman–Crippen LogP) is 3.14. The zero-order chi connectivity index (χ0) is 27.0. The van der Waals surface area contributed by atoms with E-state index < -0.39 is 10.1 Å². The van der Waals surface area contributed by atoms with Gasteiger partial charge >= 0.3 is 5.69 Å². The van der Waals surface area contributed by atoms with Crippen LogP contribution in [0.15, 0.2) is 65.5 Å². The first-order valence-electron chi connectivity index (χ1n) is 12.7. The van der Waals surface area contributed by atoms with Gasteiger partial charge in [0.1, 0.15) is 6.54 Å². The first-order valence-corrected chi connectivity index (χ1v) is 14.6. The van der Waals surface area contributed by atoms with Crippen LogP contribution in [0.4, 0.5) is 0 Å². The molecule has 1 aliphatic carbocycles. The van der Waals surface area contributed by atoms with E-state index in [0.717, 1.165) is 43.4 Å². The summed E-state index contributed by atoms with van der Waals surface area (Å²) in [5, 5.41) is 5.39. The average Bonchev–Trinajstić information content (AvgIpc) is 3.40. The van der Waals surface area contributed by atoms with E-state index in [1.165, 1.54) is 21.9 Å². The third-order valence-corrected chi connectivity index (χ3v) is 7.55. The Hall–Kier alpha value is -3.47. The molecule has 0 unspecified atom stereocenters. The van der Waals surface area contributed by atoms with Gasteiger partial charge in [-0.15, -0.1) is 0 Å². The minimum absolute atomic E-state index is 0.0476. The second-order valence-electron chi connectivity index (χ2n) is 9.98. The second-order valence-corrected chi connectivity index (χ2v) is 11.4. The van der Waals surface area contributed by atoms with Crippen molar-refractivity contribution in [2.24, 2.45) is 0 Å². The Labute approximate surface area is 221 Å². The molecule has 1 aliphatic heterocycles. The maximum absolute atomic E-state index is 13.4. The first kappa shape index (κ1) is 26.1. The van der Waals surface area contributed by atoms with E-state index >= 15 is 0 Å². The van der Waals surface area contributed by atoms with Crippen LogP contribution in [0.3, 0.4) is 0 Å². The van der Waals surface area contributed by atoms with Crippen molar-refractivity contribution in [1.82, 2.24) is 19.4 Å². The van der Waals surface area contributed by atoms with Gasteiger partial charge in [0.2, 0.25) is 5.91 Å². The van der Waals surface area contributed by atoms with Crippen molar-refractivity contribution in [1.29, 1.82) is 0 Å². The highest BCUT2D eigenvalue weighted by Crippen LogP contribution is 2.41. The Kier molecular flexibility index (Phi) is 7.13. The van der Waals surface area contributed by atoms with E-state index in [2.05, 4.69) is 46.6 Å². The Bertz CT molecular complexity index is 1650. The topological polar surface area (TPSA) is 114 Å².